The van der Waals surface area contributed by atoms with Gasteiger partial charge in [0.1, 0.15) is 6.61 Å². The normalized spacial score (nSPS) is 12.8. The predicted octanol–water partition coefficient (Wildman–Crippen LogP) is 17.1. The van der Waals surface area contributed by atoms with Gasteiger partial charge in [-0.05, 0) is 103 Å². The second kappa shape index (κ2) is 50.7. The Morgan fingerprint density at radius 2 is 0.767 bits per heavy atom. The number of carbonyl (C=O) groups excluding carboxylic acids is 2. The average Bonchev–Trinajstić information content (AvgIpc) is 3.25. The van der Waals surface area contributed by atoms with Crippen LogP contribution in [0.25, 0.3) is 0 Å². The molecule has 0 heterocycles. The fourth-order valence-corrected chi connectivity index (χ4v) is 6.89. The first-order valence-electron chi connectivity index (χ1n) is 25.5. The van der Waals surface area contributed by atoms with Gasteiger partial charge < -0.3 is 14.2 Å². The van der Waals surface area contributed by atoms with E-state index in [0.717, 1.165) is 77.0 Å². The highest BCUT2D eigenvalue weighted by atomic mass is 16.6. The van der Waals surface area contributed by atoms with Crippen LogP contribution in [-0.4, -0.2) is 37.9 Å². The van der Waals surface area contributed by atoms with Crippen LogP contribution in [0, 0.1) is 0 Å². The quantitative estimate of drug-likeness (QED) is 0.0347. The first-order valence-corrected chi connectivity index (χ1v) is 25.5. The number of unbranched alkanes of at least 4 members (excludes halogenated alkanes) is 23. The molecule has 0 aliphatic carbocycles. The summed E-state index contributed by atoms with van der Waals surface area (Å²) in [7, 11) is 0. The van der Waals surface area contributed by atoms with Crippen molar-refractivity contribution in [3.05, 3.63) is 72.9 Å². The van der Waals surface area contributed by atoms with Crippen molar-refractivity contribution in [2.75, 3.05) is 19.8 Å². The van der Waals surface area contributed by atoms with Gasteiger partial charge in [0.2, 0.25) is 0 Å². The van der Waals surface area contributed by atoms with Crippen molar-refractivity contribution in [1.82, 2.24) is 0 Å². The van der Waals surface area contributed by atoms with E-state index in [1.54, 1.807) is 0 Å². The van der Waals surface area contributed by atoms with E-state index in [0.29, 0.717) is 19.4 Å². The van der Waals surface area contributed by atoms with Crippen molar-refractivity contribution in [3.8, 4) is 0 Å². The molecule has 1 unspecified atom stereocenters. The van der Waals surface area contributed by atoms with Gasteiger partial charge in [-0.15, -0.1) is 0 Å². The molecule has 0 rings (SSSR count). The molecule has 0 aliphatic heterocycles. The molecule has 0 aliphatic rings. The van der Waals surface area contributed by atoms with Gasteiger partial charge in [-0.2, -0.15) is 0 Å². The van der Waals surface area contributed by atoms with Crippen LogP contribution < -0.4 is 0 Å². The van der Waals surface area contributed by atoms with Gasteiger partial charge in [-0.3, -0.25) is 9.59 Å². The Bertz CT molecular complexity index is 1080. The summed E-state index contributed by atoms with van der Waals surface area (Å²) in [5.41, 5.74) is 0. The predicted molar refractivity (Wildman–Crippen MR) is 260 cm³/mol. The lowest BCUT2D eigenvalue weighted by Crippen LogP contribution is -2.30. The van der Waals surface area contributed by atoms with Gasteiger partial charge in [0, 0.05) is 19.4 Å². The summed E-state index contributed by atoms with van der Waals surface area (Å²) < 4.78 is 17.3. The second-order valence-corrected chi connectivity index (χ2v) is 16.7. The highest BCUT2D eigenvalue weighted by Gasteiger charge is 2.17. The van der Waals surface area contributed by atoms with E-state index in [2.05, 4.69) is 93.7 Å². The molecule has 0 N–H and O–H groups in total. The van der Waals surface area contributed by atoms with Crippen molar-refractivity contribution in [2.45, 2.75) is 245 Å². The SMILES string of the molecule is CC/C=C\C/C=C\C/C=C\C/C=C\CCCCC(=O)OC(COCCCCCCCC/C=C\CCCC)COC(=O)CCCCCCCCC/C=C\CCCCCCCC. The fourth-order valence-electron chi connectivity index (χ4n) is 6.89. The number of hydrogen-bond donors (Lipinski definition) is 0. The third-order valence-corrected chi connectivity index (χ3v) is 10.7. The summed E-state index contributed by atoms with van der Waals surface area (Å²) >= 11 is 0. The number of hydrogen-bond acceptors (Lipinski definition) is 5. The molecule has 0 saturated carbocycles. The molecular weight excluding hydrogens is 741 g/mol. The third kappa shape index (κ3) is 48.0. The van der Waals surface area contributed by atoms with E-state index in [9.17, 15) is 9.59 Å². The van der Waals surface area contributed by atoms with Crippen LogP contribution in [0.15, 0.2) is 72.9 Å². The Kier molecular flexibility index (Phi) is 48.4. The van der Waals surface area contributed by atoms with Crippen molar-refractivity contribution in [1.29, 1.82) is 0 Å². The Balaban J connectivity index is 4.32. The second-order valence-electron chi connectivity index (χ2n) is 16.7. The molecule has 0 aromatic rings. The van der Waals surface area contributed by atoms with Crippen molar-refractivity contribution in [2.24, 2.45) is 0 Å². The maximum Gasteiger partial charge on any atom is 0.306 e. The molecule has 0 bridgehead atoms. The van der Waals surface area contributed by atoms with E-state index < -0.39 is 6.10 Å². The lowest BCUT2D eigenvalue weighted by Gasteiger charge is -2.18. The van der Waals surface area contributed by atoms with Crippen LogP contribution in [-0.2, 0) is 23.8 Å². The maximum atomic E-state index is 12.8. The summed E-state index contributed by atoms with van der Waals surface area (Å²) in [6, 6.07) is 0. The van der Waals surface area contributed by atoms with Crippen molar-refractivity contribution < 1.29 is 23.8 Å². The minimum atomic E-state index is -0.563. The molecule has 0 amide bonds. The van der Waals surface area contributed by atoms with Gasteiger partial charge in [0.25, 0.3) is 0 Å². The largest absolute Gasteiger partial charge is 0.462 e. The number of allylic oxidation sites excluding steroid dienone is 12. The molecule has 0 aromatic carbocycles. The minimum Gasteiger partial charge on any atom is -0.462 e. The topological polar surface area (TPSA) is 61.8 Å². The zero-order valence-electron chi connectivity index (χ0n) is 39.7. The molecule has 0 aromatic heterocycles. The highest BCUT2D eigenvalue weighted by Crippen LogP contribution is 2.13. The first kappa shape index (κ1) is 57.3. The van der Waals surface area contributed by atoms with E-state index in [1.165, 1.54) is 128 Å². The van der Waals surface area contributed by atoms with Gasteiger partial charge in [0.15, 0.2) is 6.10 Å². The van der Waals surface area contributed by atoms with Crippen molar-refractivity contribution in [3.63, 3.8) is 0 Å². The standard InChI is InChI=1S/C55H96O5/c1-4-7-10-13-16-19-22-25-27-28-30-31-33-36-39-42-45-48-54(56)59-52-53(51-58-50-47-44-41-38-35-24-21-18-15-12-9-6-3)60-55(57)49-46-43-40-37-34-32-29-26-23-20-17-14-11-8-5-2/h8,11,15,17-18,20,25-27,29,34,37,53H,4-7,9-10,12-14,16,19,21-24,28,30-33,35-36,38-52H2,1-3H3/b11-8-,18-15-,20-17-,27-25-,29-26-,37-34-. The Morgan fingerprint density at radius 1 is 0.383 bits per heavy atom. The third-order valence-electron chi connectivity index (χ3n) is 10.7. The number of carbonyl (C=O) groups is 2. The zero-order chi connectivity index (χ0) is 43.5. The van der Waals surface area contributed by atoms with Crippen LogP contribution in [0.1, 0.15) is 239 Å². The van der Waals surface area contributed by atoms with Crippen LogP contribution in [0.4, 0.5) is 0 Å². The van der Waals surface area contributed by atoms with Gasteiger partial charge in [-0.1, -0.05) is 196 Å². The zero-order valence-corrected chi connectivity index (χ0v) is 39.7. The molecule has 1 atom stereocenters. The summed E-state index contributed by atoms with van der Waals surface area (Å²) in [5.74, 6) is -0.452. The Labute approximate surface area is 372 Å². The number of esters is 2. The Morgan fingerprint density at radius 3 is 1.30 bits per heavy atom. The monoisotopic (exact) mass is 837 g/mol. The van der Waals surface area contributed by atoms with Gasteiger partial charge in [0.05, 0.1) is 6.61 Å². The first-order chi connectivity index (χ1) is 29.6. The van der Waals surface area contributed by atoms with E-state index in [-0.39, 0.29) is 25.2 Å². The van der Waals surface area contributed by atoms with Crippen LogP contribution >= 0.6 is 0 Å². The lowest BCUT2D eigenvalue weighted by molar-refractivity contribution is -0.163. The lowest BCUT2D eigenvalue weighted by atomic mass is 10.1. The smallest absolute Gasteiger partial charge is 0.306 e. The van der Waals surface area contributed by atoms with Crippen LogP contribution in [0.5, 0.6) is 0 Å². The molecule has 0 spiro atoms. The van der Waals surface area contributed by atoms with E-state index >= 15 is 0 Å². The molecule has 60 heavy (non-hydrogen) atoms. The van der Waals surface area contributed by atoms with Gasteiger partial charge in [-0.25, -0.2) is 0 Å². The molecule has 346 valence electrons. The summed E-state index contributed by atoms with van der Waals surface area (Å²) in [6.07, 6.45) is 64.8. The van der Waals surface area contributed by atoms with Gasteiger partial charge >= 0.3 is 11.9 Å². The molecule has 5 nitrogen and oxygen atoms in total. The number of rotatable bonds is 46. The van der Waals surface area contributed by atoms with E-state index in [1.807, 2.05) is 0 Å². The van der Waals surface area contributed by atoms with Crippen LogP contribution in [0.2, 0.25) is 0 Å². The van der Waals surface area contributed by atoms with Crippen molar-refractivity contribution >= 4 is 11.9 Å². The summed E-state index contributed by atoms with van der Waals surface area (Å²) in [6.45, 7) is 7.62. The summed E-state index contributed by atoms with van der Waals surface area (Å²) in [4.78, 5) is 25.4. The summed E-state index contributed by atoms with van der Waals surface area (Å²) in [5, 5.41) is 0. The minimum absolute atomic E-state index is 0.0623. The number of ether oxygens (including phenoxy) is 3. The van der Waals surface area contributed by atoms with Crippen LogP contribution in [0.3, 0.4) is 0 Å². The van der Waals surface area contributed by atoms with E-state index in [4.69, 9.17) is 14.2 Å². The molecule has 0 radical (unpaired) electrons. The molecular formula is C55H96O5. The molecule has 5 heteroatoms. The Hall–Kier alpha value is -2.66. The average molecular weight is 837 g/mol. The molecule has 0 saturated heterocycles. The maximum absolute atomic E-state index is 12.8. The fraction of sp³-hybridized carbons (Fsp3) is 0.745. The molecule has 0 fully saturated rings. The highest BCUT2D eigenvalue weighted by molar-refractivity contribution is 5.70.